The van der Waals surface area contributed by atoms with Crippen molar-refractivity contribution in [2.45, 2.75) is 6.92 Å². The molecule has 0 bridgehead atoms. The fourth-order valence-corrected chi connectivity index (χ4v) is 1.46. The first kappa shape index (κ1) is 9.03. The van der Waals surface area contributed by atoms with Crippen molar-refractivity contribution in [1.82, 2.24) is 0 Å². The lowest BCUT2D eigenvalue weighted by molar-refractivity contribution is 0.211. The highest BCUT2D eigenvalue weighted by Gasteiger charge is 1.97. The molecule has 0 spiro atoms. The van der Waals surface area contributed by atoms with E-state index in [1.165, 1.54) is 10.8 Å². The van der Waals surface area contributed by atoms with E-state index in [9.17, 15) is 0 Å². The Morgan fingerprint density at radius 2 is 1.86 bits per heavy atom. The third kappa shape index (κ3) is 1.70. The van der Waals surface area contributed by atoms with Crippen LogP contribution in [0.2, 0.25) is 0 Å². The van der Waals surface area contributed by atoms with Crippen LogP contribution in [0.25, 0.3) is 10.8 Å². The molecule has 0 radical (unpaired) electrons. The fraction of sp³-hybridized carbons (Fsp3) is 0.167. The second-order valence-electron chi connectivity index (χ2n) is 3.06. The van der Waals surface area contributed by atoms with Gasteiger partial charge in [-0.2, -0.15) is 0 Å². The first-order valence-corrected chi connectivity index (χ1v) is 4.77. The van der Waals surface area contributed by atoms with Crippen molar-refractivity contribution in [3.05, 3.63) is 42.5 Å². The summed E-state index contributed by atoms with van der Waals surface area (Å²) < 4.78 is 0. The highest BCUT2D eigenvalue weighted by atomic mass is 16.6. The Morgan fingerprint density at radius 1 is 1.07 bits per heavy atom. The SMILES string of the molecule is CCONc1cccc2ccccc12. The topological polar surface area (TPSA) is 21.3 Å². The quantitative estimate of drug-likeness (QED) is 0.745. The molecule has 14 heavy (non-hydrogen) atoms. The summed E-state index contributed by atoms with van der Waals surface area (Å²) in [5, 5.41) is 2.40. The van der Waals surface area contributed by atoms with Crippen LogP contribution in [0.15, 0.2) is 42.5 Å². The summed E-state index contributed by atoms with van der Waals surface area (Å²) in [5.74, 6) is 0. The molecule has 1 N–H and O–H groups in total. The van der Waals surface area contributed by atoms with Gasteiger partial charge in [0.25, 0.3) is 0 Å². The normalized spacial score (nSPS) is 10.4. The summed E-state index contributed by atoms with van der Waals surface area (Å²) in [6.07, 6.45) is 0. The van der Waals surface area contributed by atoms with Gasteiger partial charge >= 0.3 is 0 Å². The maximum Gasteiger partial charge on any atom is 0.0717 e. The van der Waals surface area contributed by atoms with Crippen molar-refractivity contribution in [1.29, 1.82) is 0 Å². The van der Waals surface area contributed by atoms with E-state index in [1.807, 2.05) is 31.2 Å². The average molecular weight is 187 g/mol. The molecule has 0 aromatic heterocycles. The summed E-state index contributed by atoms with van der Waals surface area (Å²) in [6.45, 7) is 2.61. The van der Waals surface area contributed by atoms with E-state index in [-0.39, 0.29) is 0 Å². The Kier molecular flexibility index (Phi) is 2.65. The molecule has 0 aliphatic heterocycles. The second kappa shape index (κ2) is 4.11. The van der Waals surface area contributed by atoms with Gasteiger partial charge in [-0.05, 0) is 18.4 Å². The van der Waals surface area contributed by atoms with Crippen LogP contribution in [0.4, 0.5) is 5.69 Å². The van der Waals surface area contributed by atoms with Crippen LogP contribution >= 0.6 is 0 Å². The first-order chi connectivity index (χ1) is 6.92. The van der Waals surface area contributed by atoms with Gasteiger partial charge in [-0.1, -0.05) is 36.4 Å². The predicted molar refractivity (Wildman–Crippen MR) is 59.2 cm³/mol. The van der Waals surface area contributed by atoms with Crippen LogP contribution in [0, 0.1) is 0 Å². The molecule has 0 amide bonds. The molecule has 0 aliphatic carbocycles. The molecule has 0 heterocycles. The number of hydrogen-bond donors (Lipinski definition) is 1. The minimum Gasteiger partial charge on any atom is -0.276 e. The number of nitrogens with one attached hydrogen (secondary N) is 1. The molecule has 0 saturated carbocycles. The van der Waals surface area contributed by atoms with E-state index < -0.39 is 0 Å². The van der Waals surface area contributed by atoms with Gasteiger partial charge in [-0.25, -0.2) is 0 Å². The number of benzene rings is 2. The molecule has 0 aliphatic rings. The highest BCUT2D eigenvalue weighted by molar-refractivity contribution is 5.93. The van der Waals surface area contributed by atoms with E-state index in [0.29, 0.717) is 6.61 Å². The van der Waals surface area contributed by atoms with Crippen LogP contribution < -0.4 is 5.48 Å². The first-order valence-electron chi connectivity index (χ1n) is 4.77. The number of hydrogen-bond acceptors (Lipinski definition) is 2. The van der Waals surface area contributed by atoms with Crippen molar-refractivity contribution >= 4 is 16.5 Å². The third-order valence-electron chi connectivity index (χ3n) is 2.12. The van der Waals surface area contributed by atoms with E-state index in [2.05, 4.69) is 23.7 Å². The zero-order chi connectivity index (χ0) is 9.80. The molecule has 2 nitrogen and oxygen atoms in total. The predicted octanol–water partition coefficient (Wildman–Crippen LogP) is 3.20. The number of anilines is 1. The van der Waals surface area contributed by atoms with Gasteiger partial charge in [0.15, 0.2) is 0 Å². The lowest BCUT2D eigenvalue weighted by Crippen LogP contribution is -2.00. The van der Waals surface area contributed by atoms with Gasteiger partial charge < -0.3 is 0 Å². The van der Waals surface area contributed by atoms with Crippen LogP contribution in [-0.4, -0.2) is 6.61 Å². The van der Waals surface area contributed by atoms with Crippen molar-refractivity contribution in [3.63, 3.8) is 0 Å². The summed E-state index contributed by atoms with van der Waals surface area (Å²) in [5.41, 5.74) is 3.96. The van der Waals surface area contributed by atoms with E-state index in [0.717, 1.165) is 5.69 Å². The Hall–Kier alpha value is -1.54. The number of fused-ring (bicyclic) bond motifs is 1. The fourth-order valence-electron chi connectivity index (χ4n) is 1.46. The second-order valence-corrected chi connectivity index (χ2v) is 3.06. The molecule has 0 saturated heterocycles. The zero-order valence-corrected chi connectivity index (χ0v) is 8.16. The molecular formula is C12H13NO. The average Bonchev–Trinajstić information content (AvgIpc) is 2.26. The zero-order valence-electron chi connectivity index (χ0n) is 8.16. The molecule has 0 unspecified atom stereocenters. The highest BCUT2D eigenvalue weighted by Crippen LogP contribution is 2.22. The van der Waals surface area contributed by atoms with Crippen LogP contribution in [0.1, 0.15) is 6.92 Å². The van der Waals surface area contributed by atoms with E-state index in [4.69, 9.17) is 4.84 Å². The molecule has 0 atom stereocenters. The van der Waals surface area contributed by atoms with Crippen molar-refractivity contribution < 1.29 is 4.84 Å². The van der Waals surface area contributed by atoms with Crippen LogP contribution in [-0.2, 0) is 4.84 Å². The monoisotopic (exact) mass is 187 g/mol. The summed E-state index contributed by atoms with van der Waals surface area (Å²) in [7, 11) is 0. The summed E-state index contributed by atoms with van der Waals surface area (Å²) >= 11 is 0. The molecule has 72 valence electrons. The van der Waals surface area contributed by atoms with Gasteiger partial charge in [-0.15, -0.1) is 0 Å². The van der Waals surface area contributed by atoms with Crippen molar-refractivity contribution in [2.24, 2.45) is 0 Å². The summed E-state index contributed by atoms with van der Waals surface area (Å²) in [6, 6.07) is 14.4. The minimum atomic E-state index is 0.656. The minimum absolute atomic E-state index is 0.656. The van der Waals surface area contributed by atoms with Gasteiger partial charge in [0, 0.05) is 5.39 Å². The molecule has 2 rings (SSSR count). The third-order valence-corrected chi connectivity index (χ3v) is 2.12. The Balaban J connectivity index is 2.43. The molecule has 2 aromatic carbocycles. The molecule has 0 fully saturated rings. The van der Waals surface area contributed by atoms with E-state index >= 15 is 0 Å². The van der Waals surface area contributed by atoms with Crippen LogP contribution in [0.3, 0.4) is 0 Å². The van der Waals surface area contributed by atoms with Gasteiger partial charge in [0.2, 0.25) is 0 Å². The summed E-state index contributed by atoms with van der Waals surface area (Å²) in [4.78, 5) is 5.18. The van der Waals surface area contributed by atoms with Gasteiger partial charge in [-0.3, -0.25) is 10.3 Å². The maximum absolute atomic E-state index is 5.18. The smallest absolute Gasteiger partial charge is 0.0717 e. The number of rotatable bonds is 3. The lowest BCUT2D eigenvalue weighted by atomic mass is 10.1. The van der Waals surface area contributed by atoms with Crippen molar-refractivity contribution in [2.75, 3.05) is 12.1 Å². The molecular weight excluding hydrogens is 174 g/mol. The van der Waals surface area contributed by atoms with Crippen molar-refractivity contribution in [3.8, 4) is 0 Å². The molecule has 2 heteroatoms. The van der Waals surface area contributed by atoms with Gasteiger partial charge in [0.05, 0.1) is 12.3 Å². The largest absolute Gasteiger partial charge is 0.276 e. The maximum atomic E-state index is 5.18. The van der Waals surface area contributed by atoms with Crippen LogP contribution in [0.5, 0.6) is 0 Å². The van der Waals surface area contributed by atoms with E-state index in [1.54, 1.807) is 0 Å². The standard InChI is InChI=1S/C12H13NO/c1-2-14-13-12-9-5-7-10-6-3-4-8-11(10)12/h3-9,13H,2H2,1H3. The lowest BCUT2D eigenvalue weighted by Gasteiger charge is -2.07. The Morgan fingerprint density at radius 3 is 2.71 bits per heavy atom. The van der Waals surface area contributed by atoms with Gasteiger partial charge in [0.1, 0.15) is 0 Å². The Labute approximate surface area is 83.5 Å². The molecule has 2 aromatic rings. The Bertz CT molecular complexity index is 420.